The van der Waals surface area contributed by atoms with Crippen molar-refractivity contribution in [3.05, 3.63) is 7.11 Å². The summed E-state index contributed by atoms with van der Waals surface area (Å²) in [4.78, 5) is 17.4. The van der Waals surface area contributed by atoms with Gasteiger partial charge >= 0.3 is 37.1 Å². The molecule has 0 radical (unpaired) electrons. The average Bonchev–Trinajstić information content (AvgIpc) is 2.16. The van der Waals surface area contributed by atoms with Gasteiger partial charge in [0.25, 0.3) is 0 Å². The molecule has 16 heavy (non-hydrogen) atoms. The fourth-order valence-electron chi connectivity index (χ4n) is 0.650. The van der Waals surface area contributed by atoms with Crippen LogP contribution in [0, 0.1) is 7.11 Å². The lowest BCUT2D eigenvalue weighted by atomic mass is 11.8. The molecule has 0 heterocycles. The Morgan fingerprint density at radius 2 is 1.25 bits per heavy atom. The standard InChI is InChI=1S/C3H12O3Si2.C3H11O3Si2/c2*1-5-8(3)6-7(2)4/h4,7-8H,1-3H3;4,7-8H,1H2,2-3H3/q;+1. The zero-order chi connectivity index (χ0) is 13.1. The van der Waals surface area contributed by atoms with E-state index in [9.17, 15) is 0 Å². The molecule has 4 atom stereocenters. The van der Waals surface area contributed by atoms with E-state index in [1.807, 2.05) is 13.1 Å². The van der Waals surface area contributed by atoms with Gasteiger partial charge in [-0.05, 0) is 26.2 Å². The number of hydrogen-bond acceptors (Lipinski definition) is 6. The van der Waals surface area contributed by atoms with E-state index in [0.29, 0.717) is 0 Å². The molecule has 4 unspecified atom stereocenters. The first kappa shape index (κ1) is 18.9. The highest BCUT2D eigenvalue weighted by atomic mass is 28.4. The van der Waals surface area contributed by atoms with Crippen molar-refractivity contribution in [3.63, 3.8) is 0 Å². The van der Waals surface area contributed by atoms with Gasteiger partial charge < -0.3 is 22.2 Å². The summed E-state index contributed by atoms with van der Waals surface area (Å²) in [5, 5.41) is 0. The Morgan fingerprint density at radius 1 is 0.875 bits per heavy atom. The lowest BCUT2D eigenvalue weighted by Gasteiger charge is -2.09. The maximum Gasteiger partial charge on any atom is 0.371 e. The van der Waals surface area contributed by atoms with Crippen LogP contribution in [0.25, 0.3) is 0 Å². The molecule has 0 spiro atoms. The molecule has 0 aromatic heterocycles. The second kappa shape index (κ2) is 12.0. The summed E-state index contributed by atoms with van der Waals surface area (Å²) in [6.45, 7) is 7.11. The summed E-state index contributed by atoms with van der Waals surface area (Å²) in [6.07, 6.45) is 0. The summed E-state index contributed by atoms with van der Waals surface area (Å²) in [5.41, 5.74) is 0. The zero-order valence-electron chi connectivity index (χ0n) is 10.5. The number of hydrogen-bond donors (Lipinski definition) is 2. The molecule has 0 saturated heterocycles. The lowest BCUT2D eigenvalue weighted by Crippen LogP contribution is -2.25. The van der Waals surface area contributed by atoms with Crippen LogP contribution in [0.3, 0.4) is 0 Å². The van der Waals surface area contributed by atoms with Gasteiger partial charge in [-0.25, -0.2) is 4.43 Å². The third kappa shape index (κ3) is 16.9. The van der Waals surface area contributed by atoms with Crippen LogP contribution in [0.1, 0.15) is 0 Å². The van der Waals surface area contributed by atoms with Gasteiger partial charge in [0, 0.05) is 7.11 Å². The topological polar surface area (TPSA) is 77.4 Å². The maximum atomic E-state index is 8.73. The Bertz CT molecular complexity index is 133. The first-order valence-electron chi connectivity index (χ1n) is 4.94. The third-order valence-corrected chi connectivity index (χ3v) is 8.69. The van der Waals surface area contributed by atoms with Crippen LogP contribution in [0.15, 0.2) is 0 Å². The smallest absolute Gasteiger partial charge is 0.371 e. The molecule has 0 saturated carbocycles. The van der Waals surface area contributed by atoms with Gasteiger partial charge in [-0.3, -0.25) is 0 Å². The van der Waals surface area contributed by atoms with Gasteiger partial charge in [0.15, 0.2) is 0 Å². The molecule has 0 amide bonds. The molecule has 0 bridgehead atoms. The molecule has 2 N–H and O–H groups in total. The van der Waals surface area contributed by atoms with Gasteiger partial charge in [0.1, 0.15) is 0 Å². The molecule has 98 valence electrons. The predicted molar refractivity (Wildman–Crippen MR) is 72.1 cm³/mol. The van der Waals surface area contributed by atoms with Gasteiger partial charge in [0.2, 0.25) is 7.11 Å². The second-order valence-corrected chi connectivity index (χ2v) is 10.7. The predicted octanol–water partition coefficient (Wildman–Crippen LogP) is -1.15. The SMILES string of the molecule is CO[SiH](C)O[SiH](C)O.[CH2+]O[SiH](C)O[SiH](C)O. The van der Waals surface area contributed by atoms with Crippen molar-refractivity contribution in [2.45, 2.75) is 26.2 Å². The van der Waals surface area contributed by atoms with Crippen molar-refractivity contribution >= 4 is 37.1 Å². The molecule has 0 fully saturated rings. The lowest BCUT2D eigenvalue weighted by molar-refractivity contribution is 0.315. The Kier molecular flexibility index (Phi) is 14.1. The first-order chi connectivity index (χ1) is 7.33. The van der Waals surface area contributed by atoms with E-state index in [4.69, 9.17) is 22.2 Å². The quantitative estimate of drug-likeness (QED) is 0.476. The minimum Gasteiger partial charge on any atom is -0.420 e. The fraction of sp³-hybridized carbons (Fsp3) is 0.833. The van der Waals surface area contributed by atoms with Crippen molar-refractivity contribution in [3.8, 4) is 0 Å². The zero-order valence-corrected chi connectivity index (χ0v) is 15.2. The van der Waals surface area contributed by atoms with E-state index in [0.717, 1.165) is 0 Å². The molecule has 0 aromatic carbocycles. The van der Waals surface area contributed by atoms with Gasteiger partial charge in [-0.2, -0.15) is 0 Å². The minimum atomic E-state index is -1.85. The molecular weight excluding hydrogens is 280 g/mol. The van der Waals surface area contributed by atoms with Crippen LogP contribution in [0.2, 0.25) is 26.2 Å². The highest BCUT2D eigenvalue weighted by molar-refractivity contribution is 6.57. The Balaban J connectivity index is 0. The Labute approximate surface area is 105 Å². The van der Waals surface area contributed by atoms with Crippen LogP contribution >= 0.6 is 0 Å². The summed E-state index contributed by atoms with van der Waals surface area (Å²) in [6, 6.07) is 0. The largest absolute Gasteiger partial charge is 0.420 e. The maximum absolute atomic E-state index is 8.73. The van der Waals surface area contributed by atoms with E-state index in [-0.39, 0.29) is 0 Å². The molecule has 10 heteroatoms. The fourth-order valence-corrected chi connectivity index (χ4v) is 5.85. The van der Waals surface area contributed by atoms with E-state index >= 15 is 0 Å². The first-order valence-corrected chi connectivity index (χ1v) is 13.4. The van der Waals surface area contributed by atoms with Crippen LogP contribution in [0.5, 0.6) is 0 Å². The minimum absolute atomic E-state index is 1.43. The normalized spacial score (nSPS) is 17.9. The van der Waals surface area contributed by atoms with Crippen molar-refractivity contribution in [1.82, 2.24) is 0 Å². The summed E-state index contributed by atoms with van der Waals surface area (Å²) < 4.78 is 19.4. The average molecular weight is 304 g/mol. The van der Waals surface area contributed by atoms with E-state index in [2.05, 4.69) is 11.5 Å². The highest BCUT2D eigenvalue weighted by Crippen LogP contribution is 1.88. The third-order valence-electron chi connectivity index (χ3n) is 1.34. The van der Waals surface area contributed by atoms with Crippen molar-refractivity contribution in [2.24, 2.45) is 0 Å². The molecule has 0 aliphatic rings. The molecule has 0 rings (SSSR count). The number of rotatable bonds is 6. The molecular formula is C6H23O6Si4+. The van der Waals surface area contributed by atoms with Crippen molar-refractivity contribution in [1.29, 1.82) is 0 Å². The molecule has 0 aliphatic carbocycles. The monoisotopic (exact) mass is 303 g/mol. The van der Waals surface area contributed by atoms with Crippen LogP contribution in [-0.4, -0.2) is 53.8 Å². The van der Waals surface area contributed by atoms with E-state index in [1.54, 1.807) is 20.2 Å². The van der Waals surface area contributed by atoms with Gasteiger partial charge in [-0.15, -0.1) is 0 Å². The van der Waals surface area contributed by atoms with Gasteiger partial charge in [0.05, 0.1) is 0 Å². The van der Waals surface area contributed by atoms with Crippen LogP contribution in [0.4, 0.5) is 0 Å². The summed E-state index contributed by atoms with van der Waals surface area (Å²) >= 11 is 0. The second-order valence-electron chi connectivity index (χ2n) is 3.01. The molecule has 0 aromatic rings. The Hall–Kier alpha value is 0.498. The molecule has 0 aliphatic heterocycles. The van der Waals surface area contributed by atoms with Crippen LogP contribution < -0.4 is 0 Å². The molecule has 6 nitrogen and oxygen atoms in total. The Morgan fingerprint density at radius 3 is 1.38 bits per heavy atom. The van der Waals surface area contributed by atoms with E-state index in [1.165, 1.54) is 0 Å². The van der Waals surface area contributed by atoms with Crippen LogP contribution in [-0.2, 0) is 17.1 Å². The van der Waals surface area contributed by atoms with E-state index < -0.39 is 37.1 Å². The summed E-state index contributed by atoms with van der Waals surface area (Å²) in [7, 11) is -1.83. The van der Waals surface area contributed by atoms with Gasteiger partial charge in [-0.1, -0.05) is 0 Å². The summed E-state index contributed by atoms with van der Waals surface area (Å²) in [5.74, 6) is 0. The van der Waals surface area contributed by atoms with Crippen molar-refractivity contribution < 1.29 is 26.7 Å². The van der Waals surface area contributed by atoms with Crippen molar-refractivity contribution in [2.75, 3.05) is 7.11 Å². The highest BCUT2D eigenvalue weighted by Gasteiger charge is 2.10.